The Kier molecular flexibility index (Phi) is 7.04. The van der Waals surface area contributed by atoms with Gasteiger partial charge < -0.3 is 13.9 Å². The van der Waals surface area contributed by atoms with Gasteiger partial charge >= 0.3 is 0 Å². The Bertz CT molecular complexity index is 1050. The van der Waals surface area contributed by atoms with Crippen LogP contribution in [-0.2, 0) is 11.3 Å². The minimum Gasteiger partial charge on any atom is -0.444 e. The van der Waals surface area contributed by atoms with Crippen LogP contribution in [0.25, 0.3) is 6.08 Å². The fourth-order valence-electron chi connectivity index (χ4n) is 5.22. The Labute approximate surface area is 196 Å². The summed E-state index contributed by atoms with van der Waals surface area (Å²) in [5, 5.41) is 9.78. The first kappa shape index (κ1) is 23.3. The largest absolute Gasteiger partial charge is 0.444 e. The van der Waals surface area contributed by atoms with E-state index < -0.39 is 0 Å². The third-order valence-electron chi connectivity index (χ3n) is 7.21. The third-order valence-corrected chi connectivity index (χ3v) is 7.21. The number of hydrogen-bond donors (Lipinski definition) is 0. The smallest absolute Gasteiger partial charge is 0.264 e. The molecule has 3 heterocycles. The van der Waals surface area contributed by atoms with Crippen LogP contribution in [0.4, 0.5) is 0 Å². The lowest BCUT2D eigenvalue weighted by Gasteiger charge is -2.33. The zero-order chi connectivity index (χ0) is 23.5. The van der Waals surface area contributed by atoms with Crippen molar-refractivity contribution in [3.63, 3.8) is 0 Å². The van der Waals surface area contributed by atoms with Gasteiger partial charge in [0.1, 0.15) is 17.4 Å². The first-order valence-corrected chi connectivity index (χ1v) is 12.1. The Morgan fingerprint density at radius 2 is 1.85 bits per heavy atom. The van der Waals surface area contributed by atoms with Gasteiger partial charge in [-0.1, -0.05) is 19.3 Å². The van der Waals surface area contributed by atoms with E-state index in [1.807, 2.05) is 13.8 Å². The summed E-state index contributed by atoms with van der Waals surface area (Å²) in [6.07, 6.45) is 8.07. The molecule has 0 atom stereocenters. The predicted molar refractivity (Wildman–Crippen MR) is 127 cm³/mol. The molecule has 0 aromatic carbocycles. The number of rotatable bonds is 5. The SMILES string of the molecule is Cc1nc(CN2CCN(C(=O)/C(C#N)=C\c3cc(C)n(C4CCCCC4)c3C)CC2)oc1C. The second kappa shape index (κ2) is 9.96. The average Bonchev–Trinajstić information content (AvgIpc) is 3.28. The van der Waals surface area contributed by atoms with Gasteiger partial charge in [-0.15, -0.1) is 0 Å². The second-order valence-corrected chi connectivity index (χ2v) is 9.48. The first-order chi connectivity index (χ1) is 15.9. The standard InChI is InChI=1S/C26H35N5O2/c1-18-14-22(20(3)31(18)24-8-6-5-7-9-24)15-23(16-27)26(32)30-12-10-29(11-13-30)17-25-28-19(2)21(4)33-25/h14-15,24H,5-13,17H2,1-4H3/b23-15-. The van der Waals surface area contributed by atoms with Crippen molar-refractivity contribution in [3.8, 4) is 6.07 Å². The van der Waals surface area contributed by atoms with Gasteiger partial charge in [-0.05, 0) is 58.2 Å². The molecule has 1 amide bonds. The molecule has 4 rings (SSSR count). The molecule has 7 heteroatoms. The molecule has 1 saturated carbocycles. The lowest BCUT2D eigenvalue weighted by Crippen LogP contribution is -2.48. The number of aromatic nitrogens is 2. The van der Waals surface area contributed by atoms with Gasteiger partial charge in [0.25, 0.3) is 5.91 Å². The zero-order valence-corrected chi connectivity index (χ0v) is 20.4. The first-order valence-electron chi connectivity index (χ1n) is 12.1. The van der Waals surface area contributed by atoms with E-state index in [1.54, 1.807) is 11.0 Å². The molecule has 176 valence electrons. The van der Waals surface area contributed by atoms with Gasteiger partial charge in [0, 0.05) is 43.6 Å². The summed E-state index contributed by atoms with van der Waals surface area (Å²) in [5.74, 6) is 1.39. The molecule has 2 aromatic rings. The van der Waals surface area contributed by atoms with E-state index in [9.17, 15) is 10.1 Å². The minimum atomic E-state index is -0.178. The van der Waals surface area contributed by atoms with Crippen molar-refractivity contribution in [3.05, 3.63) is 45.9 Å². The van der Waals surface area contributed by atoms with E-state index in [-0.39, 0.29) is 11.5 Å². The Morgan fingerprint density at radius 3 is 2.45 bits per heavy atom. The molecule has 1 aliphatic carbocycles. The van der Waals surface area contributed by atoms with Crippen LogP contribution >= 0.6 is 0 Å². The van der Waals surface area contributed by atoms with E-state index in [4.69, 9.17) is 4.42 Å². The second-order valence-electron chi connectivity index (χ2n) is 9.48. The number of carbonyl (C=O) groups excluding carboxylic acids is 1. The molecule has 0 radical (unpaired) electrons. The minimum absolute atomic E-state index is 0.178. The maximum Gasteiger partial charge on any atom is 0.264 e. The third kappa shape index (κ3) is 5.06. The molecule has 0 unspecified atom stereocenters. The summed E-state index contributed by atoms with van der Waals surface area (Å²) in [6.45, 7) is 11.4. The van der Waals surface area contributed by atoms with Crippen LogP contribution in [0.15, 0.2) is 16.1 Å². The molecule has 33 heavy (non-hydrogen) atoms. The van der Waals surface area contributed by atoms with Crippen molar-refractivity contribution >= 4 is 12.0 Å². The number of carbonyl (C=O) groups is 1. The monoisotopic (exact) mass is 449 g/mol. The highest BCUT2D eigenvalue weighted by Gasteiger charge is 2.26. The van der Waals surface area contributed by atoms with Gasteiger partial charge in [-0.3, -0.25) is 9.69 Å². The molecule has 0 bridgehead atoms. The summed E-state index contributed by atoms with van der Waals surface area (Å²) >= 11 is 0. The molecule has 2 aliphatic rings. The van der Waals surface area contributed by atoms with E-state index in [1.165, 1.54) is 37.8 Å². The highest BCUT2D eigenvalue weighted by Crippen LogP contribution is 2.32. The van der Waals surface area contributed by atoms with Crippen molar-refractivity contribution in [1.29, 1.82) is 5.26 Å². The van der Waals surface area contributed by atoms with Crippen LogP contribution in [0.1, 0.15) is 72.4 Å². The van der Waals surface area contributed by atoms with Crippen molar-refractivity contribution in [1.82, 2.24) is 19.4 Å². The van der Waals surface area contributed by atoms with Crippen molar-refractivity contribution < 1.29 is 9.21 Å². The maximum atomic E-state index is 13.1. The predicted octanol–water partition coefficient (Wildman–Crippen LogP) is 4.47. The number of nitriles is 1. The number of hydrogen-bond acceptors (Lipinski definition) is 5. The maximum absolute atomic E-state index is 13.1. The molecule has 1 saturated heterocycles. The molecule has 0 spiro atoms. The average molecular weight is 450 g/mol. The number of amides is 1. The Balaban J connectivity index is 1.42. The van der Waals surface area contributed by atoms with Crippen molar-refractivity contribution in [2.45, 2.75) is 72.4 Å². The van der Waals surface area contributed by atoms with Crippen LogP contribution < -0.4 is 0 Å². The van der Waals surface area contributed by atoms with Gasteiger partial charge in [0.15, 0.2) is 0 Å². The molecule has 1 aliphatic heterocycles. The quantitative estimate of drug-likeness (QED) is 0.497. The summed E-state index contributed by atoms with van der Waals surface area (Å²) in [4.78, 5) is 21.6. The molecule has 2 fully saturated rings. The fraction of sp³-hybridized carbons (Fsp3) is 0.577. The van der Waals surface area contributed by atoms with Crippen molar-refractivity contribution in [2.24, 2.45) is 0 Å². The zero-order valence-electron chi connectivity index (χ0n) is 20.4. The lowest BCUT2D eigenvalue weighted by atomic mass is 9.95. The van der Waals surface area contributed by atoms with Crippen LogP contribution in [0.5, 0.6) is 0 Å². The normalized spacial score (nSPS) is 18.5. The number of nitrogens with zero attached hydrogens (tertiary/aromatic N) is 5. The Morgan fingerprint density at radius 1 is 1.15 bits per heavy atom. The van der Waals surface area contributed by atoms with Crippen LogP contribution in [0.2, 0.25) is 0 Å². The van der Waals surface area contributed by atoms with Crippen LogP contribution in [-0.4, -0.2) is 51.4 Å². The summed E-state index contributed by atoms with van der Waals surface area (Å²) in [6, 6.07) is 4.82. The van der Waals surface area contributed by atoms with E-state index in [0.29, 0.717) is 25.7 Å². The molecular formula is C26H35N5O2. The van der Waals surface area contributed by atoms with Gasteiger partial charge in [0.05, 0.1) is 12.2 Å². The topological polar surface area (TPSA) is 78.3 Å². The number of oxazole rings is 1. The number of aryl methyl sites for hydroxylation is 3. The van der Waals surface area contributed by atoms with E-state index in [0.717, 1.165) is 41.7 Å². The molecule has 2 aromatic heterocycles. The van der Waals surface area contributed by atoms with Crippen LogP contribution in [0.3, 0.4) is 0 Å². The van der Waals surface area contributed by atoms with Gasteiger partial charge in [-0.25, -0.2) is 4.98 Å². The van der Waals surface area contributed by atoms with Gasteiger partial charge in [0.2, 0.25) is 5.89 Å². The molecule has 7 nitrogen and oxygen atoms in total. The summed E-state index contributed by atoms with van der Waals surface area (Å²) in [7, 11) is 0. The van der Waals surface area contributed by atoms with Crippen molar-refractivity contribution in [2.75, 3.05) is 26.2 Å². The Hall–Kier alpha value is -2.85. The number of piperazine rings is 1. The summed E-state index contributed by atoms with van der Waals surface area (Å²) in [5.41, 5.74) is 4.48. The lowest BCUT2D eigenvalue weighted by molar-refractivity contribution is -0.128. The summed E-state index contributed by atoms with van der Waals surface area (Å²) < 4.78 is 8.10. The van der Waals surface area contributed by atoms with Crippen LogP contribution in [0, 0.1) is 39.0 Å². The fourth-order valence-corrected chi connectivity index (χ4v) is 5.22. The highest BCUT2D eigenvalue weighted by atomic mass is 16.4. The van der Waals surface area contributed by atoms with Gasteiger partial charge in [-0.2, -0.15) is 5.26 Å². The van der Waals surface area contributed by atoms with E-state index >= 15 is 0 Å². The molecular weight excluding hydrogens is 414 g/mol. The van der Waals surface area contributed by atoms with E-state index in [2.05, 4.69) is 40.4 Å². The molecule has 0 N–H and O–H groups in total. The highest BCUT2D eigenvalue weighted by molar-refractivity contribution is 6.01.